The number of rotatable bonds is 6. The average molecular weight is 325 g/mol. The van der Waals surface area contributed by atoms with Gasteiger partial charge >= 0.3 is 0 Å². The van der Waals surface area contributed by atoms with Crippen LogP contribution in [0.25, 0.3) is 0 Å². The van der Waals surface area contributed by atoms with Crippen LogP contribution in [0.2, 0.25) is 0 Å². The van der Waals surface area contributed by atoms with E-state index in [1.54, 1.807) is 55.5 Å². The molecule has 0 fully saturated rings. The summed E-state index contributed by atoms with van der Waals surface area (Å²) in [7, 11) is 0. The van der Waals surface area contributed by atoms with Gasteiger partial charge in [-0.3, -0.25) is 14.4 Å². The fourth-order valence-corrected chi connectivity index (χ4v) is 2.06. The number of ketones is 2. The van der Waals surface area contributed by atoms with Gasteiger partial charge in [-0.1, -0.05) is 0 Å². The molecule has 0 aromatic heterocycles. The van der Waals surface area contributed by atoms with Crippen LogP contribution in [-0.4, -0.2) is 23.6 Å². The van der Waals surface area contributed by atoms with Gasteiger partial charge in [0.25, 0.3) is 5.91 Å². The smallest absolute Gasteiger partial charge is 0.265 e. The number of carbonyl (C=O) groups is 3. The minimum atomic E-state index is -0.708. The molecule has 5 nitrogen and oxygen atoms in total. The van der Waals surface area contributed by atoms with Crippen molar-refractivity contribution in [2.45, 2.75) is 26.9 Å². The van der Waals surface area contributed by atoms with E-state index in [1.807, 2.05) is 0 Å². The second-order valence-corrected chi connectivity index (χ2v) is 5.46. The Morgan fingerprint density at radius 1 is 0.833 bits per heavy atom. The van der Waals surface area contributed by atoms with E-state index in [0.717, 1.165) is 0 Å². The van der Waals surface area contributed by atoms with Crippen molar-refractivity contribution in [1.82, 2.24) is 0 Å². The van der Waals surface area contributed by atoms with Crippen LogP contribution in [0, 0.1) is 0 Å². The summed E-state index contributed by atoms with van der Waals surface area (Å²) in [6, 6.07) is 13.3. The van der Waals surface area contributed by atoms with Gasteiger partial charge in [-0.15, -0.1) is 0 Å². The molecule has 0 saturated carbocycles. The van der Waals surface area contributed by atoms with Crippen molar-refractivity contribution >= 4 is 23.2 Å². The van der Waals surface area contributed by atoms with Gasteiger partial charge in [-0.2, -0.15) is 0 Å². The third-order valence-electron chi connectivity index (χ3n) is 3.50. The number of anilines is 1. The van der Waals surface area contributed by atoms with E-state index in [0.29, 0.717) is 22.6 Å². The first-order valence-electron chi connectivity index (χ1n) is 7.56. The third kappa shape index (κ3) is 4.52. The van der Waals surface area contributed by atoms with E-state index in [9.17, 15) is 14.4 Å². The molecular formula is C19H19NO4. The van der Waals surface area contributed by atoms with Crippen LogP contribution in [0.4, 0.5) is 5.69 Å². The topological polar surface area (TPSA) is 72.5 Å². The number of hydrogen-bond donors (Lipinski definition) is 1. The van der Waals surface area contributed by atoms with Crippen LogP contribution in [-0.2, 0) is 4.79 Å². The highest BCUT2D eigenvalue weighted by Gasteiger charge is 2.15. The van der Waals surface area contributed by atoms with E-state index in [-0.39, 0.29) is 17.5 Å². The Morgan fingerprint density at radius 3 is 1.75 bits per heavy atom. The van der Waals surface area contributed by atoms with E-state index in [1.165, 1.54) is 13.8 Å². The number of ether oxygens (including phenoxy) is 1. The van der Waals surface area contributed by atoms with E-state index >= 15 is 0 Å². The highest BCUT2D eigenvalue weighted by Crippen LogP contribution is 2.16. The lowest BCUT2D eigenvalue weighted by Gasteiger charge is -2.15. The fraction of sp³-hybridized carbons (Fsp3) is 0.211. The fourth-order valence-electron chi connectivity index (χ4n) is 2.06. The molecule has 2 rings (SSSR count). The van der Waals surface area contributed by atoms with Gasteiger partial charge in [0.1, 0.15) is 5.75 Å². The predicted molar refractivity (Wildman–Crippen MR) is 91.6 cm³/mol. The molecule has 5 heteroatoms. The normalized spacial score (nSPS) is 11.5. The average Bonchev–Trinajstić information content (AvgIpc) is 2.55. The van der Waals surface area contributed by atoms with Crippen LogP contribution < -0.4 is 10.1 Å². The number of amides is 1. The second kappa shape index (κ2) is 7.55. The number of Topliss-reactive ketones (excluding diaryl/α,β-unsaturated/α-hetero) is 2. The minimum Gasteiger partial charge on any atom is -0.481 e. The van der Waals surface area contributed by atoms with Crippen LogP contribution in [0.1, 0.15) is 41.5 Å². The molecule has 1 amide bonds. The molecule has 2 aromatic carbocycles. The number of carbonyl (C=O) groups excluding carboxylic acids is 3. The lowest BCUT2D eigenvalue weighted by atomic mass is 10.1. The molecule has 0 spiro atoms. The Labute approximate surface area is 140 Å². The minimum absolute atomic E-state index is 0.0265. The SMILES string of the molecule is CC(=O)c1ccc(NC(=O)[C@H](C)Oc2ccc(C(C)=O)cc2)cc1. The summed E-state index contributed by atoms with van der Waals surface area (Å²) in [4.78, 5) is 34.6. The molecule has 1 N–H and O–H groups in total. The van der Waals surface area contributed by atoms with E-state index < -0.39 is 6.10 Å². The quantitative estimate of drug-likeness (QED) is 0.825. The highest BCUT2D eigenvalue weighted by atomic mass is 16.5. The van der Waals surface area contributed by atoms with Gasteiger partial charge in [0, 0.05) is 16.8 Å². The molecule has 0 aliphatic rings. The van der Waals surface area contributed by atoms with Crippen LogP contribution in [0.5, 0.6) is 5.75 Å². The standard InChI is InChI=1S/C19H19NO4/c1-12(21)15-4-8-17(9-5-15)20-19(23)14(3)24-18-10-6-16(7-11-18)13(2)22/h4-11,14H,1-3H3,(H,20,23)/t14-/m0/s1. The number of hydrogen-bond acceptors (Lipinski definition) is 4. The van der Waals surface area contributed by atoms with Gasteiger partial charge < -0.3 is 10.1 Å². The zero-order valence-corrected chi connectivity index (χ0v) is 13.8. The summed E-state index contributed by atoms with van der Waals surface area (Å²) in [6.45, 7) is 4.61. The Bertz CT molecular complexity index is 748. The molecule has 124 valence electrons. The summed E-state index contributed by atoms with van der Waals surface area (Å²) in [5, 5.41) is 2.73. The molecule has 0 radical (unpaired) electrons. The first-order valence-corrected chi connectivity index (χ1v) is 7.56. The largest absolute Gasteiger partial charge is 0.481 e. The van der Waals surface area contributed by atoms with Gasteiger partial charge in [0.15, 0.2) is 17.7 Å². The van der Waals surface area contributed by atoms with E-state index in [2.05, 4.69) is 5.32 Å². The van der Waals surface area contributed by atoms with Crippen LogP contribution >= 0.6 is 0 Å². The summed E-state index contributed by atoms with van der Waals surface area (Å²) in [5.74, 6) is 0.149. The molecule has 24 heavy (non-hydrogen) atoms. The van der Waals surface area contributed by atoms with Gasteiger partial charge in [-0.25, -0.2) is 0 Å². The maximum Gasteiger partial charge on any atom is 0.265 e. The van der Waals surface area contributed by atoms with Crippen molar-refractivity contribution in [2.75, 3.05) is 5.32 Å². The second-order valence-electron chi connectivity index (χ2n) is 5.46. The molecule has 0 saturated heterocycles. The highest BCUT2D eigenvalue weighted by molar-refractivity contribution is 5.97. The first kappa shape index (κ1) is 17.4. The Hall–Kier alpha value is -2.95. The van der Waals surface area contributed by atoms with Crippen molar-refractivity contribution in [3.05, 3.63) is 59.7 Å². The third-order valence-corrected chi connectivity index (χ3v) is 3.50. The van der Waals surface area contributed by atoms with Crippen LogP contribution in [0.3, 0.4) is 0 Å². The first-order chi connectivity index (χ1) is 11.4. The summed E-state index contributed by atoms with van der Waals surface area (Å²) < 4.78 is 5.57. The lowest BCUT2D eigenvalue weighted by Crippen LogP contribution is -2.30. The molecule has 0 heterocycles. The number of nitrogens with one attached hydrogen (secondary N) is 1. The zero-order valence-electron chi connectivity index (χ0n) is 13.8. The zero-order chi connectivity index (χ0) is 17.7. The molecular weight excluding hydrogens is 306 g/mol. The molecule has 0 aliphatic heterocycles. The molecule has 1 atom stereocenters. The van der Waals surface area contributed by atoms with Crippen molar-refractivity contribution in [1.29, 1.82) is 0 Å². The molecule has 2 aromatic rings. The predicted octanol–water partition coefficient (Wildman–Crippen LogP) is 3.50. The van der Waals surface area contributed by atoms with Crippen molar-refractivity contribution in [3.63, 3.8) is 0 Å². The van der Waals surface area contributed by atoms with Gasteiger partial charge in [0.05, 0.1) is 0 Å². The van der Waals surface area contributed by atoms with E-state index in [4.69, 9.17) is 4.74 Å². The molecule has 0 bridgehead atoms. The molecule has 0 aliphatic carbocycles. The lowest BCUT2D eigenvalue weighted by molar-refractivity contribution is -0.122. The monoisotopic (exact) mass is 325 g/mol. The maximum absolute atomic E-state index is 12.2. The maximum atomic E-state index is 12.2. The van der Waals surface area contributed by atoms with Gasteiger partial charge in [0.2, 0.25) is 0 Å². The van der Waals surface area contributed by atoms with Crippen molar-refractivity contribution in [3.8, 4) is 5.75 Å². The summed E-state index contributed by atoms with van der Waals surface area (Å²) >= 11 is 0. The summed E-state index contributed by atoms with van der Waals surface area (Å²) in [6.07, 6.45) is -0.708. The summed E-state index contributed by atoms with van der Waals surface area (Å²) in [5.41, 5.74) is 1.76. The Morgan fingerprint density at radius 2 is 1.29 bits per heavy atom. The van der Waals surface area contributed by atoms with Crippen molar-refractivity contribution < 1.29 is 19.1 Å². The Balaban J connectivity index is 1.96. The Kier molecular flexibility index (Phi) is 5.47. The van der Waals surface area contributed by atoms with Crippen LogP contribution in [0.15, 0.2) is 48.5 Å². The number of benzene rings is 2. The van der Waals surface area contributed by atoms with Gasteiger partial charge in [-0.05, 0) is 69.3 Å². The van der Waals surface area contributed by atoms with Crippen molar-refractivity contribution in [2.24, 2.45) is 0 Å². The molecule has 0 unspecified atom stereocenters.